The number of ether oxygens (including phenoxy) is 2. The number of esters is 2. The van der Waals surface area contributed by atoms with Crippen LogP contribution in [-0.2, 0) is 19.1 Å². The molecule has 1 atom stereocenters. The minimum absolute atomic E-state index is 0.142. The topological polar surface area (TPSA) is 52.6 Å². The minimum Gasteiger partial charge on any atom is -0.469 e. The van der Waals surface area contributed by atoms with E-state index < -0.39 is 0 Å². The fraction of sp³-hybridized carbons (Fsp3) is 0.714. The molecule has 0 amide bonds. The Hall–Kier alpha value is -1.32. The molecule has 0 saturated carbocycles. The molecule has 0 rings (SSSR count). The molecule has 0 aromatic carbocycles. The summed E-state index contributed by atoms with van der Waals surface area (Å²) in [6.07, 6.45) is 7.88. The summed E-state index contributed by atoms with van der Waals surface area (Å²) in [5.41, 5.74) is 0. The second-order valence-corrected chi connectivity index (χ2v) is 4.27. The smallest absolute Gasteiger partial charge is 0.305 e. The van der Waals surface area contributed by atoms with Crippen molar-refractivity contribution in [3.05, 3.63) is 12.7 Å². The van der Waals surface area contributed by atoms with Gasteiger partial charge in [-0.2, -0.15) is 0 Å². The molecular weight excluding hydrogens is 232 g/mol. The van der Waals surface area contributed by atoms with Crippen molar-refractivity contribution in [2.24, 2.45) is 0 Å². The lowest BCUT2D eigenvalue weighted by atomic mass is 10.1. The van der Waals surface area contributed by atoms with Crippen LogP contribution in [0.3, 0.4) is 0 Å². The van der Waals surface area contributed by atoms with Gasteiger partial charge in [0.15, 0.2) is 0 Å². The van der Waals surface area contributed by atoms with E-state index in [1.807, 2.05) is 0 Å². The van der Waals surface area contributed by atoms with Gasteiger partial charge < -0.3 is 9.47 Å². The van der Waals surface area contributed by atoms with Crippen LogP contribution in [0.15, 0.2) is 12.7 Å². The standard InChI is InChI=1S/C14H24O4/c1-4-13(18-12(2)15)10-8-6-5-7-9-11-14(16)17-3/h4,13H,1,5-11H2,2-3H3/t13-/m1/s1. The molecule has 4 nitrogen and oxygen atoms in total. The zero-order valence-electron chi connectivity index (χ0n) is 11.4. The van der Waals surface area contributed by atoms with E-state index in [4.69, 9.17) is 4.74 Å². The molecule has 0 spiro atoms. The Kier molecular flexibility index (Phi) is 10.0. The van der Waals surface area contributed by atoms with Gasteiger partial charge in [-0.15, -0.1) is 0 Å². The Morgan fingerprint density at radius 2 is 1.78 bits per heavy atom. The zero-order chi connectivity index (χ0) is 13.8. The van der Waals surface area contributed by atoms with E-state index in [-0.39, 0.29) is 18.0 Å². The summed E-state index contributed by atoms with van der Waals surface area (Å²) in [4.78, 5) is 21.6. The molecule has 104 valence electrons. The molecule has 0 aliphatic carbocycles. The Balaban J connectivity index is 3.41. The van der Waals surface area contributed by atoms with Crippen molar-refractivity contribution in [3.63, 3.8) is 0 Å². The molecule has 0 bridgehead atoms. The summed E-state index contributed by atoms with van der Waals surface area (Å²) in [5.74, 6) is -0.408. The van der Waals surface area contributed by atoms with Crippen molar-refractivity contribution in [2.75, 3.05) is 7.11 Å². The van der Waals surface area contributed by atoms with Crippen LogP contribution in [0.2, 0.25) is 0 Å². The van der Waals surface area contributed by atoms with Crippen LogP contribution in [0.1, 0.15) is 51.9 Å². The predicted octanol–water partition coefficient (Wildman–Crippen LogP) is 3.01. The van der Waals surface area contributed by atoms with Gasteiger partial charge >= 0.3 is 11.9 Å². The van der Waals surface area contributed by atoms with Crippen molar-refractivity contribution in [3.8, 4) is 0 Å². The normalized spacial score (nSPS) is 11.7. The fourth-order valence-electron chi connectivity index (χ4n) is 1.69. The van der Waals surface area contributed by atoms with Gasteiger partial charge in [-0.25, -0.2) is 0 Å². The van der Waals surface area contributed by atoms with Gasteiger partial charge in [-0.1, -0.05) is 31.9 Å². The van der Waals surface area contributed by atoms with Crippen molar-refractivity contribution in [1.82, 2.24) is 0 Å². The van der Waals surface area contributed by atoms with E-state index in [0.717, 1.165) is 38.5 Å². The highest BCUT2D eigenvalue weighted by atomic mass is 16.5. The van der Waals surface area contributed by atoms with E-state index in [2.05, 4.69) is 11.3 Å². The summed E-state index contributed by atoms with van der Waals surface area (Å²) >= 11 is 0. The summed E-state index contributed by atoms with van der Waals surface area (Å²) in [6.45, 7) is 5.05. The number of carbonyl (C=O) groups excluding carboxylic acids is 2. The lowest BCUT2D eigenvalue weighted by molar-refractivity contribution is -0.144. The largest absolute Gasteiger partial charge is 0.469 e. The van der Waals surface area contributed by atoms with Crippen molar-refractivity contribution in [2.45, 2.75) is 58.0 Å². The molecule has 0 aliphatic rings. The fourth-order valence-corrected chi connectivity index (χ4v) is 1.69. The lowest BCUT2D eigenvalue weighted by Crippen LogP contribution is -2.13. The van der Waals surface area contributed by atoms with Gasteiger partial charge in [0.1, 0.15) is 6.10 Å². The Morgan fingerprint density at radius 3 is 2.33 bits per heavy atom. The van der Waals surface area contributed by atoms with Crippen LogP contribution < -0.4 is 0 Å². The van der Waals surface area contributed by atoms with Gasteiger partial charge in [0.25, 0.3) is 0 Å². The van der Waals surface area contributed by atoms with Crippen LogP contribution in [-0.4, -0.2) is 25.2 Å². The molecule has 0 aliphatic heterocycles. The third-order valence-electron chi connectivity index (χ3n) is 2.68. The molecule has 0 aromatic heterocycles. The number of hydrogen-bond acceptors (Lipinski definition) is 4. The van der Waals surface area contributed by atoms with Gasteiger partial charge in [0, 0.05) is 13.3 Å². The first-order valence-electron chi connectivity index (χ1n) is 6.46. The molecule has 0 aromatic rings. The predicted molar refractivity (Wildman–Crippen MR) is 70.1 cm³/mol. The van der Waals surface area contributed by atoms with Gasteiger partial charge in [-0.3, -0.25) is 9.59 Å². The number of unbranched alkanes of at least 4 members (excludes halogenated alkanes) is 4. The minimum atomic E-state index is -0.266. The van der Waals surface area contributed by atoms with Gasteiger partial charge in [-0.05, 0) is 19.3 Å². The van der Waals surface area contributed by atoms with E-state index in [9.17, 15) is 9.59 Å². The molecule has 0 fully saturated rings. The third-order valence-corrected chi connectivity index (χ3v) is 2.68. The summed E-state index contributed by atoms with van der Waals surface area (Å²) in [7, 11) is 1.41. The molecule has 0 unspecified atom stereocenters. The Bertz CT molecular complexity index is 261. The number of methoxy groups -OCH3 is 1. The van der Waals surface area contributed by atoms with Crippen molar-refractivity contribution < 1.29 is 19.1 Å². The maximum absolute atomic E-state index is 10.8. The van der Waals surface area contributed by atoms with Crippen LogP contribution in [0.25, 0.3) is 0 Å². The molecule has 0 N–H and O–H groups in total. The SMILES string of the molecule is C=C[C@H](CCCCCCCC(=O)OC)OC(C)=O. The molecular formula is C14H24O4. The van der Waals surface area contributed by atoms with E-state index in [1.165, 1.54) is 14.0 Å². The molecule has 0 saturated heterocycles. The third kappa shape index (κ3) is 9.87. The average Bonchev–Trinajstić information content (AvgIpc) is 2.35. The molecule has 18 heavy (non-hydrogen) atoms. The second-order valence-electron chi connectivity index (χ2n) is 4.27. The van der Waals surface area contributed by atoms with Crippen molar-refractivity contribution in [1.29, 1.82) is 0 Å². The molecule has 4 heteroatoms. The maximum Gasteiger partial charge on any atom is 0.305 e. The van der Waals surface area contributed by atoms with Crippen LogP contribution >= 0.6 is 0 Å². The molecule has 0 heterocycles. The van der Waals surface area contributed by atoms with Gasteiger partial charge in [0.2, 0.25) is 0 Å². The summed E-state index contributed by atoms with van der Waals surface area (Å²) in [6, 6.07) is 0. The van der Waals surface area contributed by atoms with Crippen LogP contribution in [0.4, 0.5) is 0 Å². The quantitative estimate of drug-likeness (QED) is 0.342. The van der Waals surface area contributed by atoms with Crippen LogP contribution in [0.5, 0.6) is 0 Å². The Labute approximate surface area is 109 Å². The highest BCUT2D eigenvalue weighted by molar-refractivity contribution is 5.68. The number of rotatable bonds is 10. The molecule has 0 radical (unpaired) electrons. The van der Waals surface area contributed by atoms with Crippen molar-refractivity contribution >= 4 is 11.9 Å². The van der Waals surface area contributed by atoms with Gasteiger partial charge in [0.05, 0.1) is 7.11 Å². The number of hydrogen-bond donors (Lipinski definition) is 0. The van der Waals surface area contributed by atoms with E-state index >= 15 is 0 Å². The first kappa shape index (κ1) is 16.7. The summed E-state index contributed by atoms with van der Waals surface area (Å²) < 4.78 is 9.62. The zero-order valence-corrected chi connectivity index (χ0v) is 11.4. The average molecular weight is 256 g/mol. The van der Waals surface area contributed by atoms with E-state index in [0.29, 0.717) is 6.42 Å². The maximum atomic E-state index is 10.8. The van der Waals surface area contributed by atoms with E-state index in [1.54, 1.807) is 6.08 Å². The summed E-state index contributed by atoms with van der Waals surface area (Å²) in [5, 5.41) is 0. The highest BCUT2D eigenvalue weighted by Gasteiger charge is 2.06. The first-order chi connectivity index (χ1) is 8.60. The Morgan fingerprint density at radius 1 is 1.17 bits per heavy atom. The monoisotopic (exact) mass is 256 g/mol. The van der Waals surface area contributed by atoms with Crippen LogP contribution in [0, 0.1) is 0 Å². The second kappa shape index (κ2) is 10.8. The lowest BCUT2D eigenvalue weighted by Gasteiger charge is -2.12. The number of carbonyl (C=O) groups is 2. The highest BCUT2D eigenvalue weighted by Crippen LogP contribution is 2.11. The first-order valence-corrected chi connectivity index (χ1v) is 6.46.